The van der Waals surface area contributed by atoms with Crippen LogP contribution in [0.15, 0.2) is 54.1 Å². The Morgan fingerprint density at radius 1 is 1.14 bits per heavy atom. The highest BCUT2D eigenvalue weighted by molar-refractivity contribution is 6.30. The summed E-state index contributed by atoms with van der Waals surface area (Å²) in [5.41, 5.74) is 1.92. The van der Waals surface area contributed by atoms with Crippen LogP contribution in [-0.2, 0) is 4.79 Å². The summed E-state index contributed by atoms with van der Waals surface area (Å²) in [6.45, 7) is 1.69. The van der Waals surface area contributed by atoms with Gasteiger partial charge in [0.25, 0.3) is 5.91 Å². The van der Waals surface area contributed by atoms with Crippen molar-refractivity contribution in [2.45, 2.75) is 6.92 Å². The molecule has 0 aliphatic heterocycles. The van der Waals surface area contributed by atoms with Gasteiger partial charge in [-0.1, -0.05) is 29.8 Å². The minimum atomic E-state index is -1.04. The van der Waals surface area contributed by atoms with Gasteiger partial charge < -0.3 is 10.4 Å². The third-order valence-corrected chi connectivity index (χ3v) is 3.23. The first-order chi connectivity index (χ1) is 10.5. The maximum atomic E-state index is 12.1. The molecule has 0 aromatic heterocycles. The molecule has 112 valence electrons. The summed E-state index contributed by atoms with van der Waals surface area (Å²) in [5.74, 6) is -1.33. The molecule has 0 unspecified atom stereocenters. The Labute approximate surface area is 133 Å². The number of anilines is 1. The van der Waals surface area contributed by atoms with Crippen LogP contribution in [0.25, 0.3) is 6.08 Å². The fourth-order valence-electron chi connectivity index (χ4n) is 1.83. The van der Waals surface area contributed by atoms with Crippen LogP contribution < -0.4 is 5.32 Å². The molecule has 0 saturated heterocycles. The van der Waals surface area contributed by atoms with Gasteiger partial charge in [0, 0.05) is 16.3 Å². The van der Waals surface area contributed by atoms with Crippen LogP contribution in [0, 0.1) is 0 Å². The smallest absolute Gasteiger partial charge is 0.335 e. The van der Waals surface area contributed by atoms with Gasteiger partial charge in [-0.2, -0.15) is 0 Å². The molecule has 2 rings (SSSR count). The number of carbonyl (C=O) groups is 2. The average Bonchev–Trinajstić information content (AvgIpc) is 2.49. The lowest BCUT2D eigenvalue weighted by Crippen LogP contribution is -2.13. The lowest BCUT2D eigenvalue weighted by molar-refractivity contribution is -0.112. The van der Waals surface area contributed by atoms with Gasteiger partial charge in [0.1, 0.15) is 0 Å². The van der Waals surface area contributed by atoms with Crippen LogP contribution in [0.5, 0.6) is 0 Å². The Morgan fingerprint density at radius 2 is 1.82 bits per heavy atom. The van der Waals surface area contributed by atoms with Crippen molar-refractivity contribution in [3.8, 4) is 0 Å². The molecule has 0 saturated carbocycles. The highest BCUT2D eigenvalue weighted by Crippen LogP contribution is 2.15. The van der Waals surface area contributed by atoms with Crippen molar-refractivity contribution < 1.29 is 14.7 Å². The number of nitrogens with one attached hydrogen (secondary N) is 1. The quantitative estimate of drug-likeness (QED) is 0.835. The zero-order valence-electron chi connectivity index (χ0n) is 11.8. The van der Waals surface area contributed by atoms with E-state index < -0.39 is 5.97 Å². The number of carboxylic acid groups (broad SMARTS) is 1. The molecule has 0 aliphatic rings. The number of rotatable bonds is 4. The number of benzene rings is 2. The van der Waals surface area contributed by atoms with Gasteiger partial charge in [-0.25, -0.2) is 4.79 Å². The van der Waals surface area contributed by atoms with Gasteiger partial charge in [-0.15, -0.1) is 0 Å². The Balaban J connectivity index is 2.12. The molecule has 22 heavy (non-hydrogen) atoms. The fourth-order valence-corrected chi connectivity index (χ4v) is 1.96. The first kappa shape index (κ1) is 15.8. The van der Waals surface area contributed by atoms with Gasteiger partial charge in [0.2, 0.25) is 0 Å². The molecule has 1 amide bonds. The zero-order valence-corrected chi connectivity index (χ0v) is 12.6. The van der Waals surface area contributed by atoms with Crippen LogP contribution in [-0.4, -0.2) is 17.0 Å². The van der Waals surface area contributed by atoms with Crippen molar-refractivity contribution >= 4 is 35.2 Å². The predicted octanol–water partition coefficient (Wildman–Crippen LogP) is 4.08. The average molecular weight is 316 g/mol. The number of hydrogen-bond donors (Lipinski definition) is 2. The molecule has 4 nitrogen and oxygen atoms in total. The van der Waals surface area contributed by atoms with Crippen LogP contribution >= 0.6 is 11.6 Å². The van der Waals surface area contributed by atoms with E-state index in [1.165, 1.54) is 12.1 Å². The number of carbonyl (C=O) groups excluding carboxylic acids is 1. The Morgan fingerprint density at radius 3 is 2.45 bits per heavy atom. The van der Waals surface area contributed by atoms with E-state index in [0.29, 0.717) is 16.3 Å². The highest BCUT2D eigenvalue weighted by Gasteiger charge is 2.08. The summed E-state index contributed by atoms with van der Waals surface area (Å²) in [5, 5.41) is 12.2. The number of amides is 1. The third-order valence-electron chi connectivity index (χ3n) is 2.98. The second-order valence-electron chi connectivity index (χ2n) is 4.72. The van der Waals surface area contributed by atoms with Crippen molar-refractivity contribution in [3.05, 3.63) is 70.3 Å². The summed E-state index contributed by atoms with van der Waals surface area (Å²) in [4.78, 5) is 23.0. The van der Waals surface area contributed by atoms with Gasteiger partial charge in [0.05, 0.1) is 5.56 Å². The highest BCUT2D eigenvalue weighted by atomic mass is 35.5. The summed E-state index contributed by atoms with van der Waals surface area (Å²) in [7, 11) is 0. The normalized spacial score (nSPS) is 11.1. The van der Waals surface area contributed by atoms with Crippen molar-refractivity contribution in [2.24, 2.45) is 0 Å². The monoisotopic (exact) mass is 315 g/mol. The van der Waals surface area contributed by atoms with E-state index in [1.54, 1.807) is 37.3 Å². The molecule has 2 aromatic rings. The van der Waals surface area contributed by atoms with Crippen LogP contribution in [0.4, 0.5) is 5.69 Å². The minimum Gasteiger partial charge on any atom is -0.478 e. The molecule has 0 heterocycles. The topological polar surface area (TPSA) is 66.4 Å². The van der Waals surface area contributed by atoms with Crippen molar-refractivity contribution in [2.75, 3.05) is 5.32 Å². The maximum Gasteiger partial charge on any atom is 0.335 e. The molecule has 0 aliphatic carbocycles. The summed E-state index contributed by atoms with van der Waals surface area (Å²) >= 11 is 5.81. The van der Waals surface area contributed by atoms with Gasteiger partial charge in [-0.3, -0.25) is 4.79 Å². The van der Waals surface area contributed by atoms with Gasteiger partial charge >= 0.3 is 5.97 Å². The largest absolute Gasteiger partial charge is 0.478 e. The number of aromatic carboxylic acids is 1. The second kappa shape index (κ2) is 6.91. The van der Waals surface area contributed by atoms with Crippen LogP contribution in [0.1, 0.15) is 22.8 Å². The van der Waals surface area contributed by atoms with E-state index in [2.05, 4.69) is 5.32 Å². The molecule has 5 heteroatoms. The van der Waals surface area contributed by atoms with Crippen LogP contribution in [0.3, 0.4) is 0 Å². The van der Waals surface area contributed by atoms with E-state index >= 15 is 0 Å². The zero-order chi connectivity index (χ0) is 16.1. The third kappa shape index (κ3) is 4.20. The minimum absolute atomic E-state index is 0.122. The lowest BCUT2D eigenvalue weighted by atomic mass is 10.1. The molecule has 0 radical (unpaired) electrons. The second-order valence-corrected chi connectivity index (χ2v) is 5.16. The Kier molecular flexibility index (Phi) is 4.96. The standard InChI is InChI=1S/C17H14ClNO3/c1-11(9-12-5-7-14(18)8-6-12)16(20)19-15-4-2-3-13(10-15)17(21)22/h2-10H,1H3,(H,19,20)(H,21,22). The molecular formula is C17H14ClNO3. The van der Waals surface area contributed by atoms with Crippen molar-refractivity contribution in [1.29, 1.82) is 0 Å². The first-order valence-electron chi connectivity index (χ1n) is 6.54. The van der Waals surface area contributed by atoms with E-state index in [4.69, 9.17) is 16.7 Å². The van der Waals surface area contributed by atoms with Gasteiger partial charge in [0.15, 0.2) is 0 Å². The number of halogens is 1. The SMILES string of the molecule is CC(=Cc1ccc(Cl)cc1)C(=O)Nc1cccc(C(=O)O)c1. The van der Waals surface area contributed by atoms with Crippen LogP contribution in [0.2, 0.25) is 5.02 Å². The summed E-state index contributed by atoms with van der Waals surface area (Å²) in [6, 6.07) is 13.2. The van der Waals surface area contributed by atoms with Gasteiger partial charge in [-0.05, 0) is 48.9 Å². The van der Waals surface area contributed by atoms with E-state index in [0.717, 1.165) is 5.56 Å². The Hall–Kier alpha value is -2.59. The molecular weight excluding hydrogens is 302 g/mol. The Bertz CT molecular complexity index is 736. The number of carboxylic acids is 1. The molecule has 0 bridgehead atoms. The molecule has 2 N–H and O–H groups in total. The lowest BCUT2D eigenvalue weighted by Gasteiger charge is -2.06. The van der Waals surface area contributed by atoms with Crippen molar-refractivity contribution in [3.63, 3.8) is 0 Å². The fraction of sp³-hybridized carbons (Fsp3) is 0.0588. The predicted molar refractivity (Wildman–Crippen MR) is 87.1 cm³/mol. The molecule has 0 atom stereocenters. The molecule has 2 aromatic carbocycles. The molecule has 0 fully saturated rings. The summed E-state index contributed by atoms with van der Waals surface area (Å²) in [6.07, 6.45) is 1.73. The van der Waals surface area contributed by atoms with E-state index in [-0.39, 0.29) is 11.5 Å². The number of hydrogen-bond acceptors (Lipinski definition) is 2. The molecule has 0 spiro atoms. The van der Waals surface area contributed by atoms with Crippen molar-refractivity contribution in [1.82, 2.24) is 0 Å². The van der Waals surface area contributed by atoms with E-state index in [9.17, 15) is 9.59 Å². The van der Waals surface area contributed by atoms with E-state index in [1.807, 2.05) is 12.1 Å². The first-order valence-corrected chi connectivity index (χ1v) is 6.92. The summed E-state index contributed by atoms with van der Waals surface area (Å²) < 4.78 is 0. The maximum absolute atomic E-state index is 12.1.